The minimum absolute atomic E-state index is 0.240. The number of phenolic OH excluding ortho intramolecular Hbond substituents is 1. The lowest BCUT2D eigenvalue weighted by Gasteiger charge is -2.26. The van der Waals surface area contributed by atoms with E-state index in [4.69, 9.17) is 9.47 Å². The number of hydrogen-bond donors (Lipinski definition) is 2. The second-order valence-corrected chi connectivity index (χ2v) is 9.41. The number of nitrogens with one attached hydrogen (secondary N) is 1. The zero-order valence-electron chi connectivity index (χ0n) is 20.9. The second kappa shape index (κ2) is 11.4. The zero-order chi connectivity index (χ0) is 24.7. The maximum atomic E-state index is 10.2. The molecule has 0 bridgehead atoms. The minimum atomic E-state index is 0.240. The van der Waals surface area contributed by atoms with Crippen LogP contribution < -0.4 is 14.8 Å². The van der Waals surface area contributed by atoms with Crippen LogP contribution >= 0.6 is 0 Å². The van der Waals surface area contributed by atoms with Gasteiger partial charge in [0.15, 0.2) is 0 Å². The average Bonchev–Trinajstić information content (AvgIpc) is 2.92. The largest absolute Gasteiger partial charge is 0.508 e. The number of fused-ring (bicyclic) bond motifs is 1. The summed E-state index contributed by atoms with van der Waals surface area (Å²) in [6, 6.07) is 26.2. The van der Waals surface area contributed by atoms with Crippen LogP contribution in [0.5, 0.6) is 17.2 Å². The number of methoxy groups -OCH3 is 1. The Kier molecular flexibility index (Phi) is 7.58. The third-order valence-corrected chi connectivity index (χ3v) is 6.89. The second-order valence-electron chi connectivity index (χ2n) is 9.41. The van der Waals surface area contributed by atoms with Crippen LogP contribution in [0.4, 0.5) is 5.69 Å². The Hall–Kier alpha value is -3.70. The van der Waals surface area contributed by atoms with Crippen molar-refractivity contribution in [2.24, 2.45) is 0 Å². The number of benzene rings is 4. The summed E-state index contributed by atoms with van der Waals surface area (Å²) in [6.07, 6.45) is 3.96. The Balaban J connectivity index is 1.24. The topological polar surface area (TPSA) is 54.0 Å². The van der Waals surface area contributed by atoms with Gasteiger partial charge in [-0.1, -0.05) is 36.8 Å². The number of nitrogens with zero attached hydrogens (tertiary/aromatic N) is 1. The Labute approximate surface area is 213 Å². The Bertz CT molecular complexity index is 1300. The van der Waals surface area contributed by atoms with E-state index in [2.05, 4.69) is 46.6 Å². The molecule has 1 saturated heterocycles. The highest BCUT2D eigenvalue weighted by Crippen LogP contribution is 2.34. The molecule has 0 spiro atoms. The molecule has 0 saturated carbocycles. The first-order valence-electron chi connectivity index (χ1n) is 12.8. The first kappa shape index (κ1) is 24.0. The molecule has 4 aromatic carbocycles. The van der Waals surface area contributed by atoms with E-state index in [1.54, 1.807) is 19.2 Å². The van der Waals surface area contributed by atoms with E-state index in [0.29, 0.717) is 6.54 Å². The summed E-state index contributed by atoms with van der Waals surface area (Å²) in [5.41, 5.74) is 4.18. The molecule has 0 atom stereocenters. The van der Waals surface area contributed by atoms with E-state index in [1.165, 1.54) is 32.4 Å². The maximum absolute atomic E-state index is 10.2. The van der Waals surface area contributed by atoms with Gasteiger partial charge in [-0.25, -0.2) is 0 Å². The van der Waals surface area contributed by atoms with Gasteiger partial charge in [-0.3, -0.25) is 4.90 Å². The molecule has 5 rings (SSSR count). The monoisotopic (exact) mass is 482 g/mol. The number of aromatic hydroxyl groups is 1. The van der Waals surface area contributed by atoms with Crippen molar-refractivity contribution < 1.29 is 14.6 Å². The van der Waals surface area contributed by atoms with Crippen LogP contribution in [0.1, 0.15) is 24.8 Å². The molecule has 36 heavy (non-hydrogen) atoms. The summed E-state index contributed by atoms with van der Waals surface area (Å²) in [5, 5.41) is 15.9. The van der Waals surface area contributed by atoms with Crippen molar-refractivity contribution in [3.63, 3.8) is 0 Å². The number of rotatable bonds is 9. The quantitative estimate of drug-likeness (QED) is 0.278. The van der Waals surface area contributed by atoms with E-state index in [1.807, 2.05) is 30.3 Å². The molecule has 0 aromatic heterocycles. The summed E-state index contributed by atoms with van der Waals surface area (Å²) in [5.74, 6) is 1.99. The van der Waals surface area contributed by atoms with Crippen LogP contribution in [0.25, 0.3) is 21.9 Å². The maximum Gasteiger partial charge on any atom is 0.119 e. The molecule has 1 aliphatic heterocycles. The fourth-order valence-electron chi connectivity index (χ4n) is 4.82. The SMILES string of the molecule is COc1ccc2cc(-c3ccc(O)cc3NCc3ccc(OCCN4CCCCC4)cc3)ccc2c1. The molecule has 0 amide bonds. The molecular weight excluding hydrogens is 448 g/mol. The van der Waals surface area contributed by atoms with Crippen molar-refractivity contribution in [2.45, 2.75) is 25.8 Å². The Morgan fingerprint density at radius 2 is 1.56 bits per heavy atom. The van der Waals surface area contributed by atoms with Gasteiger partial charge in [0.25, 0.3) is 0 Å². The fourth-order valence-corrected chi connectivity index (χ4v) is 4.82. The van der Waals surface area contributed by atoms with Gasteiger partial charge >= 0.3 is 0 Å². The third kappa shape index (κ3) is 5.92. The van der Waals surface area contributed by atoms with Crippen LogP contribution in [-0.2, 0) is 6.54 Å². The molecule has 186 valence electrons. The molecule has 1 aliphatic rings. The molecule has 0 radical (unpaired) electrons. The van der Waals surface area contributed by atoms with Gasteiger partial charge in [-0.05, 0) is 90.3 Å². The molecule has 1 heterocycles. The molecule has 4 aromatic rings. The van der Waals surface area contributed by atoms with Gasteiger partial charge in [0.2, 0.25) is 0 Å². The predicted molar refractivity (Wildman–Crippen MR) is 147 cm³/mol. The molecule has 2 N–H and O–H groups in total. The van der Waals surface area contributed by atoms with Gasteiger partial charge in [0.05, 0.1) is 7.11 Å². The van der Waals surface area contributed by atoms with Crippen molar-refractivity contribution in [3.8, 4) is 28.4 Å². The van der Waals surface area contributed by atoms with Gasteiger partial charge in [0.1, 0.15) is 23.9 Å². The summed E-state index contributed by atoms with van der Waals surface area (Å²) < 4.78 is 11.3. The van der Waals surface area contributed by atoms with Crippen molar-refractivity contribution in [2.75, 3.05) is 38.7 Å². The van der Waals surface area contributed by atoms with Gasteiger partial charge in [-0.2, -0.15) is 0 Å². The minimum Gasteiger partial charge on any atom is -0.508 e. The van der Waals surface area contributed by atoms with Crippen LogP contribution in [0.2, 0.25) is 0 Å². The molecule has 0 unspecified atom stereocenters. The summed E-state index contributed by atoms with van der Waals surface area (Å²) in [6.45, 7) is 4.75. The van der Waals surface area contributed by atoms with Crippen LogP contribution in [0.3, 0.4) is 0 Å². The highest BCUT2D eigenvalue weighted by atomic mass is 16.5. The van der Waals surface area contributed by atoms with Crippen molar-refractivity contribution in [1.82, 2.24) is 4.90 Å². The van der Waals surface area contributed by atoms with E-state index in [0.717, 1.165) is 57.8 Å². The third-order valence-electron chi connectivity index (χ3n) is 6.89. The zero-order valence-corrected chi connectivity index (χ0v) is 20.9. The van der Waals surface area contributed by atoms with Crippen LogP contribution in [-0.4, -0.2) is 43.4 Å². The molecule has 5 nitrogen and oxygen atoms in total. The molecular formula is C31H34N2O3. The Morgan fingerprint density at radius 3 is 2.36 bits per heavy atom. The van der Waals surface area contributed by atoms with Gasteiger partial charge in [-0.15, -0.1) is 0 Å². The summed E-state index contributed by atoms with van der Waals surface area (Å²) in [4.78, 5) is 2.49. The van der Waals surface area contributed by atoms with E-state index in [9.17, 15) is 5.11 Å². The molecule has 1 fully saturated rings. The van der Waals surface area contributed by atoms with Crippen molar-refractivity contribution in [3.05, 3.63) is 84.4 Å². The molecule has 5 heteroatoms. The Morgan fingerprint density at radius 1 is 0.806 bits per heavy atom. The van der Waals surface area contributed by atoms with Crippen molar-refractivity contribution >= 4 is 16.5 Å². The number of ether oxygens (including phenoxy) is 2. The van der Waals surface area contributed by atoms with Crippen LogP contribution in [0.15, 0.2) is 78.9 Å². The lowest BCUT2D eigenvalue weighted by Crippen LogP contribution is -2.33. The van der Waals surface area contributed by atoms with E-state index < -0.39 is 0 Å². The number of piperidine rings is 1. The van der Waals surface area contributed by atoms with Crippen LogP contribution in [0, 0.1) is 0 Å². The highest BCUT2D eigenvalue weighted by molar-refractivity contribution is 5.90. The molecule has 0 aliphatic carbocycles. The highest BCUT2D eigenvalue weighted by Gasteiger charge is 2.10. The predicted octanol–water partition coefficient (Wildman–Crippen LogP) is 6.70. The fraction of sp³-hybridized carbons (Fsp3) is 0.290. The number of phenols is 1. The van der Waals surface area contributed by atoms with Crippen molar-refractivity contribution in [1.29, 1.82) is 0 Å². The lowest BCUT2D eigenvalue weighted by atomic mass is 9.99. The smallest absolute Gasteiger partial charge is 0.119 e. The van der Waals surface area contributed by atoms with Gasteiger partial charge < -0.3 is 19.9 Å². The summed E-state index contributed by atoms with van der Waals surface area (Å²) >= 11 is 0. The standard InChI is InChI=1S/C31H34N2O3/c1-35-29-13-9-24-19-26(8-7-25(24)20-29)30-14-10-27(34)21-31(30)32-22-23-5-11-28(12-6-23)36-18-17-33-15-3-2-4-16-33/h5-14,19-21,32,34H,2-4,15-18,22H2,1H3. The number of anilines is 1. The summed E-state index contributed by atoms with van der Waals surface area (Å²) in [7, 11) is 1.68. The lowest BCUT2D eigenvalue weighted by molar-refractivity contribution is 0.183. The van der Waals surface area contributed by atoms with Gasteiger partial charge in [0, 0.05) is 30.4 Å². The number of hydrogen-bond acceptors (Lipinski definition) is 5. The normalized spacial score (nSPS) is 14.0. The first-order chi connectivity index (χ1) is 17.7. The van der Waals surface area contributed by atoms with E-state index in [-0.39, 0.29) is 5.75 Å². The number of likely N-dealkylation sites (tertiary alicyclic amines) is 1. The first-order valence-corrected chi connectivity index (χ1v) is 12.8. The average molecular weight is 483 g/mol. The van der Waals surface area contributed by atoms with E-state index >= 15 is 0 Å².